The number of benzene rings is 1. The van der Waals surface area contributed by atoms with Gasteiger partial charge >= 0.3 is 0 Å². The lowest BCUT2D eigenvalue weighted by Crippen LogP contribution is -2.16. The number of ether oxygens (including phenoxy) is 2. The summed E-state index contributed by atoms with van der Waals surface area (Å²) in [6.07, 6.45) is 1.71. The number of carbonyl (C=O) groups is 1. The molecule has 0 aliphatic carbocycles. The van der Waals surface area contributed by atoms with E-state index in [2.05, 4.69) is 11.1 Å². The van der Waals surface area contributed by atoms with E-state index in [1.54, 1.807) is 36.0 Å². The Kier molecular flexibility index (Phi) is 4.74. The van der Waals surface area contributed by atoms with Gasteiger partial charge in [0.05, 0.1) is 36.3 Å². The van der Waals surface area contributed by atoms with E-state index < -0.39 is 5.91 Å². The number of aryl methyl sites for hydroxylation is 2. The Morgan fingerprint density at radius 1 is 1.41 bits per heavy atom. The molecule has 0 spiro atoms. The van der Waals surface area contributed by atoms with E-state index in [1.807, 2.05) is 13.8 Å². The fraction of sp³-hybridized carbons (Fsp3) is 0.250. The zero-order valence-corrected chi connectivity index (χ0v) is 15.7. The summed E-state index contributed by atoms with van der Waals surface area (Å²) < 4.78 is 13.0. The molecule has 0 saturated heterocycles. The van der Waals surface area contributed by atoms with E-state index in [4.69, 9.17) is 15.2 Å². The molecule has 27 heavy (non-hydrogen) atoms. The summed E-state index contributed by atoms with van der Waals surface area (Å²) >= 11 is 0. The maximum absolute atomic E-state index is 12.3. The predicted octanol–water partition coefficient (Wildman–Crippen LogP) is 2.93. The molecule has 0 aliphatic heterocycles. The number of nitriles is 1. The van der Waals surface area contributed by atoms with Gasteiger partial charge in [-0.3, -0.25) is 4.79 Å². The van der Waals surface area contributed by atoms with Crippen LogP contribution in [-0.4, -0.2) is 29.2 Å². The third kappa shape index (κ3) is 2.85. The minimum atomic E-state index is -0.572. The first-order valence-electron chi connectivity index (χ1n) is 8.43. The zero-order chi connectivity index (χ0) is 19.7. The van der Waals surface area contributed by atoms with Gasteiger partial charge in [0.2, 0.25) is 5.88 Å². The molecule has 0 atom stereocenters. The highest BCUT2D eigenvalue weighted by Gasteiger charge is 2.27. The zero-order valence-electron chi connectivity index (χ0n) is 15.7. The Morgan fingerprint density at radius 2 is 2.15 bits per heavy atom. The minimum absolute atomic E-state index is 0.324. The van der Waals surface area contributed by atoms with Crippen LogP contribution in [0.1, 0.15) is 28.5 Å². The monoisotopic (exact) mass is 364 g/mol. The van der Waals surface area contributed by atoms with Crippen LogP contribution in [0.5, 0.6) is 11.6 Å². The van der Waals surface area contributed by atoms with Crippen molar-refractivity contribution < 1.29 is 14.3 Å². The van der Waals surface area contributed by atoms with Crippen LogP contribution in [0.25, 0.3) is 22.0 Å². The molecule has 1 aromatic carbocycles. The molecule has 7 nitrogen and oxygen atoms in total. The van der Waals surface area contributed by atoms with Gasteiger partial charge in [0.15, 0.2) is 0 Å². The predicted molar refractivity (Wildman–Crippen MR) is 102 cm³/mol. The van der Waals surface area contributed by atoms with Crippen molar-refractivity contribution in [1.29, 1.82) is 5.26 Å². The SMILES string of the molecule is CCOc1ncc(C)c2c1c(-c1ccc(C#N)cc1OC)c(C(N)=O)n2C. The molecule has 0 saturated carbocycles. The number of hydrogen-bond donors (Lipinski definition) is 1. The number of fused-ring (bicyclic) bond motifs is 1. The van der Waals surface area contributed by atoms with Gasteiger partial charge in [0, 0.05) is 24.4 Å². The maximum Gasteiger partial charge on any atom is 0.266 e. The number of methoxy groups -OCH3 is 1. The Balaban J connectivity index is 2.52. The van der Waals surface area contributed by atoms with Crippen molar-refractivity contribution in [3.8, 4) is 28.8 Å². The van der Waals surface area contributed by atoms with Crippen molar-refractivity contribution in [1.82, 2.24) is 9.55 Å². The van der Waals surface area contributed by atoms with E-state index in [0.29, 0.717) is 46.0 Å². The van der Waals surface area contributed by atoms with Crippen LogP contribution in [0.4, 0.5) is 0 Å². The van der Waals surface area contributed by atoms with Crippen molar-refractivity contribution in [3.05, 3.63) is 41.2 Å². The quantitative estimate of drug-likeness (QED) is 0.750. The summed E-state index contributed by atoms with van der Waals surface area (Å²) in [4.78, 5) is 16.7. The second-order valence-corrected chi connectivity index (χ2v) is 6.08. The van der Waals surface area contributed by atoms with E-state index in [-0.39, 0.29) is 0 Å². The topological polar surface area (TPSA) is 103 Å². The molecule has 2 N–H and O–H groups in total. The normalized spacial score (nSPS) is 10.6. The molecule has 0 radical (unpaired) electrons. The van der Waals surface area contributed by atoms with Crippen molar-refractivity contribution in [2.75, 3.05) is 13.7 Å². The molecule has 2 heterocycles. The number of rotatable bonds is 5. The molecular formula is C20H20N4O3. The van der Waals surface area contributed by atoms with Gasteiger partial charge in [0.1, 0.15) is 11.4 Å². The van der Waals surface area contributed by atoms with E-state index in [0.717, 1.165) is 11.1 Å². The second kappa shape index (κ2) is 7.00. The summed E-state index contributed by atoms with van der Waals surface area (Å²) in [6.45, 7) is 4.21. The van der Waals surface area contributed by atoms with Crippen molar-refractivity contribution in [3.63, 3.8) is 0 Å². The van der Waals surface area contributed by atoms with Gasteiger partial charge in [-0.15, -0.1) is 0 Å². The summed E-state index contributed by atoms with van der Waals surface area (Å²) in [5, 5.41) is 9.87. The average Bonchev–Trinajstić information content (AvgIpc) is 2.97. The van der Waals surface area contributed by atoms with Crippen molar-refractivity contribution in [2.45, 2.75) is 13.8 Å². The van der Waals surface area contributed by atoms with E-state index in [1.165, 1.54) is 7.11 Å². The Morgan fingerprint density at radius 3 is 2.74 bits per heavy atom. The van der Waals surface area contributed by atoms with Crippen LogP contribution >= 0.6 is 0 Å². The van der Waals surface area contributed by atoms with Gasteiger partial charge < -0.3 is 19.8 Å². The number of carbonyl (C=O) groups excluding carboxylic acids is 1. The molecule has 3 rings (SSSR count). The highest BCUT2D eigenvalue weighted by Crippen LogP contribution is 2.43. The van der Waals surface area contributed by atoms with E-state index >= 15 is 0 Å². The minimum Gasteiger partial charge on any atom is -0.496 e. The fourth-order valence-electron chi connectivity index (χ4n) is 3.40. The molecule has 2 aromatic heterocycles. The van der Waals surface area contributed by atoms with Crippen molar-refractivity contribution >= 4 is 16.8 Å². The van der Waals surface area contributed by atoms with Gasteiger partial charge in [-0.1, -0.05) is 0 Å². The summed E-state index contributed by atoms with van der Waals surface area (Å²) in [7, 11) is 3.30. The van der Waals surface area contributed by atoms with Crippen LogP contribution < -0.4 is 15.2 Å². The Labute approximate surface area is 156 Å². The molecule has 138 valence electrons. The number of nitrogens with zero attached hydrogens (tertiary/aromatic N) is 3. The van der Waals surface area contributed by atoms with Gasteiger partial charge in [-0.05, 0) is 37.6 Å². The lowest BCUT2D eigenvalue weighted by Gasteiger charge is -2.11. The third-order valence-corrected chi connectivity index (χ3v) is 4.47. The second-order valence-electron chi connectivity index (χ2n) is 6.08. The first kappa shape index (κ1) is 18.3. The summed E-state index contributed by atoms with van der Waals surface area (Å²) in [6, 6.07) is 7.13. The van der Waals surface area contributed by atoms with Crippen LogP contribution in [-0.2, 0) is 7.05 Å². The van der Waals surface area contributed by atoms with E-state index in [9.17, 15) is 10.1 Å². The molecule has 0 bridgehead atoms. The molecule has 0 fully saturated rings. The first-order chi connectivity index (χ1) is 12.9. The van der Waals surface area contributed by atoms with Gasteiger partial charge in [0.25, 0.3) is 5.91 Å². The highest BCUT2D eigenvalue weighted by molar-refractivity contribution is 6.12. The number of nitrogens with two attached hydrogens (primary N) is 1. The fourth-order valence-corrected chi connectivity index (χ4v) is 3.40. The van der Waals surface area contributed by atoms with Gasteiger partial charge in [-0.25, -0.2) is 4.98 Å². The molecule has 1 amide bonds. The third-order valence-electron chi connectivity index (χ3n) is 4.47. The molecule has 7 heteroatoms. The van der Waals surface area contributed by atoms with Crippen molar-refractivity contribution in [2.24, 2.45) is 12.8 Å². The Hall–Kier alpha value is -3.53. The van der Waals surface area contributed by atoms with Crippen LogP contribution in [0.2, 0.25) is 0 Å². The van der Waals surface area contributed by atoms with Gasteiger partial charge in [-0.2, -0.15) is 5.26 Å². The average molecular weight is 364 g/mol. The number of primary amides is 1. The largest absolute Gasteiger partial charge is 0.496 e. The number of aromatic nitrogens is 2. The highest BCUT2D eigenvalue weighted by atomic mass is 16.5. The Bertz CT molecular complexity index is 1090. The molecular weight excluding hydrogens is 344 g/mol. The first-order valence-corrected chi connectivity index (χ1v) is 8.43. The lowest BCUT2D eigenvalue weighted by atomic mass is 9.99. The number of hydrogen-bond acceptors (Lipinski definition) is 5. The molecule has 3 aromatic rings. The number of amides is 1. The molecule has 0 unspecified atom stereocenters. The standard InChI is InChI=1S/C20H20N4O3/c1-5-27-20-16-15(13-7-6-12(9-21)8-14(13)26-4)18(19(22)25)24(3)17(16)11(2)10-23-20/h6-8,10H,5H2,1-4H3,(H2,22,25). The van der Waals surface area contributed by atoms with Crippen LogP contribution in [0.3, 0.4) is 0 Å². The number of pyridine rings is 1. The lowest BCUT2D eigenvalue weighted by molar-refractivity contribution is 0.0993. The van der Waals surface area contributed by atoms with Crippen LogP contribution in [0.15, 0.2) is 24.4 Å². The van der Waals surface area contributed by atoms with Crippen LogP contribution in [0, 0.1) is 18.3 Å². The smallest absolute Gasteiger partial charge is 0.266 e. The summed E-state index contributed by atoms with van der Waals surface area (Å²) in [5.41, 5.74) is 9.43. The molecule has 0 aliphatic rings. The summed E-state index contributed by atoms with van der Waals surface area (Å²) in [5.74, 6) is 0.313. The maximum atomic E-state index is 12.3.